The van der Waals surface area contributed by atoms with Crippen LogP contribution in [0.25, 0.3) is 4.96 Å². The van der Waals surface area contributed by atoms with Crippen molar-refractivity contribution in [2.75, 3.05) is 4.90 Å². The fourth-order valence-corrected chi connectivity index (χ4v) is 4.08. The van der Waals surface area contributed by atoms with Gasteiger partial charge < -0.3 is 10.2 Å². The summed E-state index contributed by atoms with van der Waals surface area (Å²) in [7, 11) is 0. The lowest BCUT2D eigenvalue weighted by Gasteiger charge is -2.29. The Morgan fingerprint density at radius 3 is 2.95 bits per heavy atom. The molecular formula is C16H26N4S. The summed E-state index contributed by atoms with van der Waals surface area (Å²) < 4.78 is 2.26. The molecule has 1 aliphatic rings. The summed E-state index contributed by atoms with van der Waals surface area (Å²) in [6.45, 7) is 9.89. The first kappa shape index (κ1) is 14.9. The summed E-state index contributed by atoms with van der Waals surface area (Å²) in [5, 5.41) is 5.68. The zero-order valence-corrected chi connectivity index (χ0v) is 14.3. The molecule has 3 rings (SSSR count). The van der Waals surface area contributed by atoms with Crippen molar-refractivity contribution in [3.8, 4) is 0 Å². The van der Waals surface area contributed by atoms with Gasteiger partial charge in [-0.05, 0) is 26.2 Å². The Kier molecular flexibility index (Phi) is 4.22. The molecule has 1 saturated heterocycles. The van der Waals surface area contributed by atoms with Gasteiger partial charge in [-0.25, -0.2) is 4.98 Å². The summed E-state index contributed by atoms with van der Waals surface area (Å²) in [4.78, 5) is 8.63. The van der Waals surface area contributed by atoms with E-state index in [4.69, 9.17) is 4.98 Å². The van der Waals surface area contributed by atoms with Crippen molar-refractivity contribution in [2.45, 2.75) is 71.6 Å². The normalized spacial score (nSPS) is 22.8. The first-order chi connectivity index (χ1) is 10.1. The highest BCUT2D eigenvalue weighted by Gasteiger charge is 2.33. The molecule has 0 amide bonds. The molecule has 2 atom stereocenters. The van der Waals surface area contributed by atoms with Crippen molar-refractivity contribution in [1.82, 2.24) is 14.7 Å². The molecule has 2 aromatic heterocycles. The fraction of sp³-hybridized carbons (Fsp3) is 0.688. The SMILES string of the molecule is CCC1CCC(C)N1c1nc2sccn2c1CNC(C)C. The number of nitrogens with one attached hydrogen (secondary N) is 1. The second kappa shape index (κ2) is 5.97. The van der Waals surface area contributed by atoms with Crippen LogP contribution in [0, 0.1) is 0 Å². The van der Waals surface area contributed by atoms with E-state index in [9.17, 15) is 0 Å². The molecule has 0 saturated carbocycles. The van der Waals surface area contributed by atoms with Gasteiger partial charge in [0.15, 0.2) is 10.8 Å². The Labute approximate surface area is 131 Å². The van der Waals surface area contributed by atoms with Crippen molar-refractivity contribution in [3.05, 3.63) is 17.3 Å². The molecule has 0 spiro atoms. The molecule has 0 radical (unpaired) electrons. The molecule has 0 aromatic carbocycles. The second-order valence-electron chi connectivity index (χ2n) is 6.37. The van der Waals surface area contributed by atoms with E-state index in [2.05, 4.69) is 53.9 Å². The van der Waals surface area contributed by atoms with E-state index in [-0.39, 0.29) is 0 Å². The van der Waals surface area contributed by atoms with E-state index in [1.54, 1.807) is 11.3 Å². The van der Waals surface area contributed by atoms with Crippen molar-refractivity contribution in [1.29, 1.82) is 0 Å². The molecule has 1 aliphatic heterocycles. The van der Waals surface area contributed by atoms with E-state index in [0.717, 1.165) is 11.5 Å². The van der Waals surface area contributed by atoms with Crippen LogP contribution < -0.4 is 10.2 Å². The Bertz CT molecular complexity index is 600. The number of fused-ring (bicyclic) bond motifs is 1. The van der Waals surface area contributed by atoms with Crippen molar-refractivity contribution < 1.29 is 0 Å². The lowest BCUT2D eigenvalue weighted by molar-refractivity contribution is 0.571. The standard InChI is InChI=1S/C16H26N4S/c1-5-13-7-6-12(4)20(13)15-14(10-17-11(2)3)19-8-9-21-16(19)18-15/h8-9,11-13,17H,5-7,10H2,1-4H3. The van der Waals surface area contributed by atoms with Crippen molar-refractivity contribution in [3.63, 3.8) is 0 Å². The van der Waals surface area contributed by atoms with Gasteiger partial charge in [-0.2, -0.15) is 0 Å². The van der Waals surface area contributed by atoms with Gasteiger partial charge in [-0.15, -0.1) is 11.3 Å². The highest BCUT2D eigenvalue weighted by atomic mass is 32.1. The van der Waals surface area contributed by atoms with E-state index in [1.165, 1.54) is 30.8 Å². The zero-order chi connectivity index (χ0) is 15.0. The molecular weight excluding hydrogens is 280 g/mol. The van der Waals surface area contributed by atoms with Gasteiger partial charge >= 0.3 is 0 Å². The predicted molar refractivity (Wildman–Crippen MR) is 90.3 cm³/mol. The van der Waals surface area contributed by atoms with Crippen LogP contribution in [0.15, 0.2) is 11.6 Å². The molecule has 2 aromatic rings. The maximum atomic E-state index is 4.95. The first-order valence-electron chi connectivity index (χ1n) is 8.08. The maximum absolute atomic E-state index is 4.95. The molecule has 3 heterocycles. The summed E-state index contributed by atoms with van der Waals surface area (Å²) in [5.41, 5.74) is 1.31. The minimum absolute atomic E-state index is 0.486. The van der Waals surface area contributed by atoms with Gasteiger partial charge in [0, 0.05) is 36.2 Å². The smallest absolute Gasteiger partial charge is 0.195 e. The molecule has 1 N–H and O–H groups in total. The van der Waals surface area contributed by atoms with Gasteiger partial charge in [-0.3, -0.25) is 4.40 Å². The number of imidazole rings is 1. The third-order valence-corrected chi connectivity index (χ3v) is 5.28. The molecule has 0 bridgehead atoms. The van der Waals surface area contributed by atoms with Crippen LogP contribution in [-0.4, -0.2) is 27.5 Å². The lowest BCUT2D eigenvalue weighted by Crippen LogP contribution is -2.36. The van der Waals surface area contributed by atoms with Crippen molar-refractivity contribution in [2.24, 2.45) is 0 Å². The molecule has 2 unspecified atom stereocenters. The van der Waals surface area contributed by atoms with Crippen LogP contribution in [0.1, 0.15) is 52.7 Å². The largest absolute Gasteiger partial charge is 0.349 e. The zero-order valence-electron chi connectivity index (χ0n) is 13.5. The van der Waals surface area contributed by atoms with E-state index in [0.29, 0.717) is 18.1 Å². The van der Waals surface area contributed by atoms with Gasteiger partial charge in [0.25, 0.3) is 0 Å². The third kappa shape index (κ3) is 2.69. The molecule has 5 heteroatoms. The average molecular weight is 306 g/mol. The Morgan fingerprint density at radius 1 is 1.43 bits per heavy atom. The number of rotatable bonds is 5. The van der Waals surface area contributed by atoms with Crippen LogP contribution in [0.2, 0.25) is 0 Å². The maximum Gasteiger partial charge on any atom is 0.195 e. The number of aromatic nitrogens is 2. The second-order valence-corrected chi connectivity index (χ2v) is 7.24. The summed E-state index contributed by atoms with van der Waals surface area (Å²) in [6, 6.07) is 1.72. The lowest BCUT2D eigenvalue weighted by atomic mass is 10.1. The fourth-order valence-electron chi connectivity index (χ4n) is 3.35. The molecule has 0 aliphatic carbocycles. The number of anilines is 1. The number of hydrogen-bond donors (Lipinski definition) is 1. The molecule has 4 nitrogen and oxygen atoms in total. The van der Waals surface area contributed by atoms with Crippen LogP contribution in [0.4, 0.5) is 5.82 Å². The first-order valence-corrected chi connectivity index (χ1v) is 8.96. The van der Waals surface area contributed by atoms with Crippen molar-refractivity contribution >= 4 is 22.1 Å². The molecule has 116 valence electrons. The van der Waals surface area contributed by atoms with Gasteiger partial charge in [0.05, 0.1) is 5.69 Å². The van der Waals surface area contributed by atoms with Crippen LogP contribution in [-0.2, 0) is 6.54 Å². The number of thiazole rings is 1. The Balaban J connectivity index is 2.00. The minimum Gasteiger partial charge on any atom is -0.349 e. The topological polar surface area (TPSA) is 32.6 Å². The summed E-state index contributed by atoms with van der Waals surface area (Å²) >= 11 is 1.72. The summed E-state index contributed by atoms with van der Waals surface area (Å²) in [6.07, 6.45) is 5.92. The summed E-state index contributed by atoms with van der Waals surface area (Å²) in [5.74, 6) is 1.20. The minimum atomic E-state index is 0.486. The third-order valence-electron chi connectivity index (χ3n) is 4.52. The van der Waals surface area contributed by atoms with E-state index in [1.807, 2.05) is 0 Å². The highest BCUT2D eigenvalue weighted by molar-refractivity contribution is 7.15. The molecule has 21 heavy (non-hydrogen) atoms. The highest BCUT2D eigenvalue weighted by Crippen LogP contribution is 2.35. The van der Waals surface area contributed by atoms with Crippen LogP contribution in [0.3, 0.4) is 0 Å². The van der Waals surface area contributed by atoms with E-state index >= 15 is 0 Å². The Morgan fingerprint density at radius 2 is 2.24 bits per heavy atom. The predicted octanol–water partition coefficient (Wildman–Crippen LogP) is 3.66. The van der Waals surface area contributed by atoms with E-state index < -0.39 is 0 Å². The van der Waals surface area contributed by atoms with Gasteiger partial charge in [0.2, 0.25) is 0 Å². The van der Waals surface area contributed by atoms with Crippen LogP contribution >= 0.6 is 11.3 Å². The number of hydrogen-bond acceptors (Lipinski definition) is 4. The Hall–Kier alpha value is -1.07. The number of nitrogens with zero attached hydrogens (tertiary/aromatic N) is 3. The monoisotopic (exact) mass is 306 g/mol. The average Bonchev–Trinajstić information content (AvgIpc) is 3.09. The molecule has 1 fully saturated rings. The van der Waals surface area contributed by atoms with Gasteiger partial charge in [-0.1, -0.05) is 20.8 Å². The van der Waals surface area contributed by atoms with Gasteiger partial charge in [0.1, 0.15) is 0 Å². The van der Waals surface area contributed by atoms with Crippen LogP contribution in [0.5, 0.6) is 0 Å². The quantitative estimate of drug-likeness (QED) is 0.915.